The van der Waals surface area contributed by atoms with Gasteiger partial charge < -0.3 is 14.5 Å². The second-order valence-electron chi connectivity index (χ2n) is 6.82. The van der Waals surface area contributed by atoms with Crippen LogP contribution in [0.15, 0.2) is 53.7 Å². The highest BCUT2D eigenvalue weighted by Crippen LogP contribution is 2.28. The van der Waals surface area contributed by atoms with Gasteiger partial charge in [0.1, 0.15) is 11.5 Å². The standard InChI is InChI=1S/C21H14ClF3N4O2/c1-28-10-26-8-17(28)21(31)29(12-2-4-15(23)14(22)7-12)9-11-6-18(30)27-20-13(11)3-5-16(24)19(20)25/h2-8,10H,9H2,1H3,(H,27,30). The highest BCUT2D eigenvalue weighted by molar-refractivity contribution is 6.31. The Bertz CT molecular complexity index is 1380. The van der Waals surface area contributed by atoms with Crippen molar-refractivity contribution in [3.63, 3.8) is 0 Å². The van der Waals surface area contributed by atoms with Crippen LogP contribution in [0.4, 0.5) is 18.9 Å². The summed E-state index contributed by atoms with van der Waals surface area (Å²) in [5.74, 6) is -3.50. The Morgan fingerprint density at radius 1 is 1.16 bits per heavy atom. The van der Waals surface area contributed by atoms with Crippen molar-refractivity contribution in [2.24, 2.45) is 7.05 Å². The van der Waals surface area contributed by atoms with Crippen LogP contribution in [0.2, 0.25) is 5.02 Å². The van der Waals surface area contributed by atoms with Gasteiger partial charge in [-0.15, -0.1) is 0 Å². The summed E-state index contributed by atoms with van der Waals surface area (Å²) in [6.45, 7) is -0.197. The molecule has 31 heavy (non-hydrogen) atoms. The second kappa shape index (κ2) is 7.92. The number of amides is 1. The second-order valence-corrected chi connectivity index (χ2v) is 7.23. The van der Waals surface area contributed by atoms with Gasteiger partial charge in [0, 0.05) is 24.2 Å². The first-order chi connectivity index (χ1) is 14.8. The first kappa shape index (κ1) is 20.7. The summed E-state index contributed by atoms with van der Waals surface area (Å²) < 4.78 is 43.1. The van der Waals surface area contributed by atoms with Gasteiger partial charge in [0.25, 0.3) is 5.91 Å². The molecular weight excluding hydrogens is 433 g/mol. The van der Waals surface area contributed by atoms with E-state index >= 15 is 0 Å². The lowest BCUT2D eigenvalue weighted by Crippen LogP contribution is -2.32. The van der Waals surface area contributed by atoms with Crippen molar-refractivity contribution in [2.75, 3.05) is 4.90 Å². The third-order valence-corrected chi connectivity index (χ3v) is 5.11. The number of carbonyl (C=O) groups is 1. The third kappa shape index (κ3) is 3.79. The molecule has 1 amide bonds. The smallest absolute Gasteiger partial charge is 0.276 e. The number of fused-ring (bicyclic) bond motifs is 1. The number of carbonyl (C=O) groups excluding carboxylic acids is 1. The van der Waals surface area contributed by atoms with E-state index in [1.165, 1.54) is 46.3 Å². The molecule has 0 aliphatic carbocycles. The Hall–Kier alpha value is -3.59. The van der Waals surface area contributed by atoms with E-state index in [4.69, 9.17) is 11.6 Å². The zero-order chi connectivity index (χ0) is 22.3. The summed E-state index contributed by atoms with van der Waals surface area (Å²) in [5.41, 5.74) is -0.265. The van der Waals surface area contributed by atoms with Crippen molar-refractivity contribution in [1.82, 2.24) is 14.5 Å². The molecule has 2 aromatic carbocycles. The Labute approximate surface area is 178 Å². The molecule has 4 aromatic rings. The van der Waals surface area contributed by atoms with Crippen LogP contribution in [0.3, 0.4) is 0 Å². The summed E-state index contributed by atoms with van der Waals surface area (Å²) >= 11 is 5.90. The molecule has 0 aliphatic heterocycles. The van der Waals surface area contributed by atoms with E-state index in [0.717, 1.165) is 12.1 Å². The lowest BCUT2D eigenvalue weighted by Gasteiger charge is -2.24. The number of H-pyrrole nitrogens is 1. The van der Waals surface area contributed by atoms with Gasteiger partial charge in [-0.2, -0.15) is 0 Å². The van der Waals surface area contributed by atoms with Crippen LogP contribution < -0.4 is 10.5 Å². The molecule has 4 rings (SSSR count). The summed E-state index contributed by atoms with van der Waals surface area (Å²) in [4.78, 5) is 32.8. The summed E-state index contributed by atoms with van der Waals surface area (Å²) in [6, 6.07) is 7.15. The van der Waals surface area contributed by atoms with E-state index in [9.17, 15) is 22.8 Å². The Morgan fingerprint density at radius 2 is 1.90 bits per heavy atom. The van der Waals surface area contributed by atoms with Gasteiger partial charge in [0.2, 0.25) is 5.56 Å². The number of pyridine rings is 1. The maximum Gasteiger partial charge on any atom is 0.276 e. The molecule has 1 N–H and O–H groups in total. The number of halogens is 4. The predicted molar refractivity (Wildman–Crippen MR) is 110 cm³/mol. The highest BCUT2D eigenvalue weighted by Gasteiger charge is 2.23. The van der Waals surface area contributed by atoms with Gasteiger partial charge >= 0.3 is 0 Å². The Balaban J connectivity index is 1.88. The number of rotatable bonds is 4. The molecule has 6 nitrogen and oxygen atoms in total. The first-order valence-electron chi connectivity index (χ1n) is 8.99. The molecule has 0 bridgehead atoms. The van der Waals surface area contributed by atoms with Gasteiger partial charge in [0.15, 0.2) is 11.6 Å². The van der Waals surface area contributed by atoms with E-state index in [0.29, 0.717) is 0 Å². The van der Waals surface area contributed by atoms with Crippen molar-refractivity contribution < 1.29 is 18.0 Å². The lowest BCUT2D eigenvalue weighted by atomic mass is 10.1. The summed E-state index contributed by atoms with van der Waals surface area (Å²) in [7, 11) is 1.62. The van der Waals surface area contributed by atoms with Crippen molar-refractivity contribution >= 4 is 34.1 Å². The largest absolute Gasteiger partial charge is 0.330 e. The average Bonchev–Trinajstić information content (AvgIpc) is 3.16. The van der Waals surface area contributed by atoms with E-state index in [1.807, 2.05) is 0 Å². The molecule has 2 aromatic heterocycles. The molecule has 2 heterocycles. The number of imidazole rings is 1. The van der Waals surface area contributed by atoms with E-state index < -0.39 is 28.9 Å². The number of hydrogen-bond donors (Lipinski definition) is 1. The molecule has 0 saturated carbocycles. The maximum atomic E-state index is 14.3. The summed E-state index contributed by atoms with van der Waals surface area (Å²) in [6.07, 6.45) is 2.79. The molecule has 0 aliphatic rings. The number of aromatic amines is 1. The number of nitrogens with zero attached hydrogens (tertiary/aromatic N) is 3. The van der Waals surface area contributed by atoms with Crippen molar-refractivity contribution in [3.05, 3.63) is 93.0 Å². The summed E-state index contributed by atoms with van der Waals surface area (Å²) in [5, 5.41) is 0.0127. The van der Waals surface area contributed by atoms with Gasteiger partial charge in [-0.1, -0.05) is 11.6 Å². The first-order valence-corrected chi connectivity index (χ1v) is 9.37. The van der Waals surface area contributed by atoms with Crippen molar-refractivity contribution in [1.29, 1.82) is 0 Å². The van der Waals surface area contributed by atoms with Crippen LogP contribution in [0.1, 0.15) is 16.1 Å². The SMILES string of the molecule is Cn1cncc1C(=O)N(Cc1cc(=O)[nH]c2c(F)c(F)ccc12)c1ccc(F)c(Cl)c1. The minimum Gasteiger partial charge on any atom is -0.330 e. The van der Waals surface area contributed by atoms with E-state index in [2.05, 4.69) is 9.97 Å². The van der Waals surface area contributed by atoms with Gasteiger partial charge in [0.05, 0.1) is 29.6 Å². The number of nitrogens with one attached hydrogen (secondary N) is 1. The van der Waals surface area contributed by atoms with Crippen LogP contribution in [-0.2, 0) is 13.6 Å². The fraction of sp³-hybridized carbons (Fsp3) is 0.0952. The van der Waals surface area contributed by atoms with Gasteiger partial charge in [-0.25, -0.2) is 18.2 Å². The predicted octanol–water partition coefficient (Wildman–Crippen LogP) is 4.18. The number of hydrogen-bond acceptors (Lipinski definition) is 3. The number of benzene rings is 2. The molecule has 0 unspecified atom stereocenters. The van der Waals surface area contributed by atoms with E-state index in [1.54, 1.807) is 7.05 Å². The van der Waals surface area contributed by atoms with Crippen LogP contribution in [0.5, 0.6) is 0 Å². The quantitative estimate of drug-likeness (QED) is 0.511. The van der Waals surface area contributed by atoms with E-state index in [-0.39, 0.29) is 39.4 Å². The number of aryl methyl sites for hydroxylation is 1. The number of anilines is 1. The minimum atomic E-state index is -1.20. The Kier molecular flexibility index (Phi) is 5.28. The molecule has 0 radical (unpaired) electrons. The zero-order valence-corrected chi connectivity index (χ0v) is 16.8. The zero-order valence-electron chi connectivity index (χ0n) is 16.0. The fourth-order valence-electron chi connectivity index (χ4n) is 3.27. The molecular formula is C21H14ClF3N4O2. The van der Waals surface area contributed by atoms with Crippen molar-refractivity contribution in [3.8, 4) is 0 Å². The lowest BCUT2D eigenvalue weighted by molar-refractivity contribution is 0.0977. The molecule has 0 fully saturated rings. The highest BCUT2D eigenvalue weighted by atomic mass is 35.5. The molecule has 0 spiro atoms. The molecule has 0 saturated heterocycles. The van der Waals surface area contributed by atoms with Gasteiger partial charge in [-0.3, -0.25) is 9.59 Å². The van der Waals surface area contributed by atoms with Crippen LogP contribution >= 0.6 is 11.6 Å². The Morgan fingerprint density at radius 3 is 2.58 bits per heavy atom. The third-order valence-electron chi connectivity index (χ3n) is 4.82. The number of aromatic nitrogens is 3. The molecule has 10 heteroatoms. The minimum absolute atomic E-state index is 0.197. The average molecular weight is 447 g/mol. The van der Waals surface area contributed by atoms with Gasteiger partial charge in [-0.05, 0) is 35.9 Å². The van der Waals surface area contributed by atoms with Crippen LogP contribution in [0, 0.1) is 17.5 Å². The monoisotopic (exact) mass is 446 g/mol. The molecule has 158 valence electrons. The maximum absolute atomic E-state index is 14.3. The topological polar surface area (TPSA) is 71.0 Å². The fourth-order valence-corrected chi connectivity index (χ4v) is 3.45. The normalized spacial score (nSPS) is 11.1. The van der Waals surface area contributed by atoms with Crippen LogP contribution in [0.25, 0.3) is 10.9 Å². The van der Waals surface area contributed by atoms with Crippen LogP contribution in [-0.4, -0.2) is 20.4 Å². The van der Waals surface area contributed by atoms with Crippen molar-refractivity contribution in [2.45, 2.75) is 6.54 Å². The molecule has 0 atom stereocenters.